The van der Waals surface area contributed by atoms with Gasteiger partial charge in [0, 0.05) is 12.2 Å². The van der Waals surface area contributed by atoms with E-state index in [0.717, 1.165) is 0 Å². The third-order valence-electron chi connectivity index (χ3n) is 2.80. The summed E-state index contributed by atoms with van der Waals surface area (Å²) in [4.78, 5) is 11.7. The first-order valence-corrected chi connectivity index (χ1v) is 7.55. The van der Waals surface area contributed by atoms with Crippen LogP contribution in [0, 0.1) is 0 Å². The van der Waals surface area contributed by atoms with Crippen molar-refractivity contribution in [2.75, 3.05) is 17.2 Å². The molecule has 8 heteroatoms. The van der Waals surface area contributed by atoms with Crippen LogP contribution in [0.2, 0.25) is 0 Å². The smallest absolute Gasteiger partial charge is 0.241 e. The van der Waals surface area contributed by atoms with Crippen molar-refractivity contribution in [2.24, 2.45) is 0 Å². The molecule has 18 heavy (non-hydrogen) atoms. The first-order valence-electron chi connectivity index (χ1n) is 5.73. The molecule has 1 aliphatic heterocycles. The zero-order valence-electron chi connectivity index (χ0n) is 9.87. The largest absolute Gasteiger partial charge is 0.382 e. The highest BCUT2D eigenvalue weighted by Crippen LogP contribution is 2.11. The predicted molar refractivity (Wildman–Crippen MR) is 66.5 cm³/mol. The summed E-state index contributed by atoms with van der Waals surface area (Å²) in [5.41, 5.74) is 5.43. The van der Waals surface area contributed by atoms with Gasteiger partial charge in [-0.25, -0.2) is 8.42 Å². The fraction of sp³-hybridized carbons (Fsp3) is 0.600. The van der Waals surface area contributed by atoms with Gasteiger partial charge < -0.3 is 11.1 Å². The minimum absolute atomic E-state index is 0.0278. The van der Waals surface area contributed by atoms with E-state index in [1.165, 1.54) is 4.68 Å². The molecule has 1 aromatic heterocycles. The van der Waals surface area contributed by atoms with E-state index in [9.17, 15) is 13.2 Å². The molecule has 0 aromatic carbocycles. The van der Waals surface area contributed by atoms with Gasteiger partial charge in [-0.2, -0.15) is 5.10 Å². The highest BCUT2D eigenvalue weighted by Gasteiger charge is 2.25. The lowest BCUT2D eigenvalue weighted by atomic mass is 10.2. The standard InChI is InChI=1S/C10H16N4O3S/c11-9-3-4-14(13-9)6-10(15)12-8-2-1-5-18(16,17)7-8/h3-4,8H,1-2,5-7H2,(H2,11,13)(H,12,15). The van der Waals surface area contributed by atoms with Crippen molar-refractivity contribution >= 4 is 21.6 Å². The number of hydrogen-bond acceptors (Lipinski definition) is 5. The van der Waals surface area contributed by atoms with Gasteiger partial charge in [0.1, 0.15) is 12.4 Å². The average molecular weight is 272 g/mol. The maximum Gasteiger partial charge on any atom is 0.241 e. The van der Waals surface area contributed by atoms with Crippen LogP contribution >= 0.6 is 0 Å². The lowest BCUT2D eigenvalue weighted by Gasteiger charge is -2.22. The number of anilines is 1. The Kier molecular flexibility index (Phi) is 3.55. The number of nitrogens with two attached hydrogens (primary N) is 1. The molecule has 1 aliphatic rings. The maximum absolute atomic E-state index is 11.7. The van der Waals surface area contributed by atoms with Crippen LogP contribution in [-0.2, 0) is 21.2 Å². The molecule has 1 fully saturated rings. The van der Waals surface area contributed by atoms with E-state index in [-0.39, 0.29) is 30.0 Å². The first-order chi connectivity index (χ1) is 8.44. The Hall–Kier alpha value is -1.57. The maximum atomic E-state index is 11.7. The van der Waals surface area contributed by atoms with Crippen LogP contribution in [0.25, 0.3) is 0 Å². The van der Waals surface area contributed by atoms with Crippen LogP contribution in [0.15, 0.2) is 12.3 Å². The zero-order valence-corrected chi connectivity index (χ0v) is 10.7. The number of amides is 1. The normalized spacial score (nSPS) is 22.6. The first kappa shape index (κ1) is 12.9. The van der Waals surface area contributed by atoms with Crippen molar-refractivity contribution in [3.05, 3.63) is 12.3 Å². The fourth-order valence-corrected chi connectivity index (χ4v) is 3.66. The number of hydrogen-bond donors (Lipinski definition) is 2. The van der Waals surface area contributed by atoms with Crippen LogP contribution in [0.3, 0.4) is 0 Å². The van der Waals surface area contributed by atoms with Crippen LogP contribution in [0.1, 0.15) is 12.8 Å². The van der Waals surface area contributed by atoms with Crippen molar-refractivity contribution in [3.8, 4) is 0 Å². The highest BCUT2D eigenvalue weighted by molar-refractivity contribution is 7.91. The molecule has 2 rings (SSSR count). The number of sulfone groups is 1. The Morgan fingerprint density at radius 1 is 1.61 bits per heavy atom. The molecule has 1 saturated heterocycles. The lowest BCUT2D eigenvalue weighted by Crippen LogP contribution is -2.44. The number of aromatic nitrogens is 2. The second-order valence-corrected chi connectivity index (χ2v) is 6.69. The molecule has 2 heterocycles. The molecule has 1 atom stereocenters. The quantitative estimate of drug-likeness (QED) is 0.746. The Labute approximate surface area is 105 Å². The summed E-state index contributed by atoms with van der Waals surface area (Å²) in [5, 5.41) is 6.60. The summed E-state index contributed by atoms with van der Waals surface area (Å²) in [7, 11) is -3.00. The zero-order chi connectivity index (χ0) is 13.2. The lowest BCUT2D eigenvalue weighted by molar-refractivity contribution is -0.122. The number of carbonyl (C=O) groups is 1. The molecule has 0 saturated carbocycles. The van der Waals surface area contributed by atoms with Crippen molar-refractivity contribution in [3.63, 3.8) is 0 Å². The van der Waals surface area contributed by atoms with E-state index in [4.69, 9.17) is 5.73 Å². The average Bonchev–Trinajstić information content (AvgIpc) is 2.62. The third-order valence-corrected chi connectivity index (χ3v) is 4.62. The molecule has 1 unspecified atom stereocenters. The van der Waals surface area contributed by atoms with Crippen LogP contribution < -0.4 is 11.1 Å². The summed E-state index contributed by atoms with van der Waals surface area (Å²) >= 11 is 0. The van der Waals surface area contributed by atoms with Gasteiger partial charge in [0.05, 0.1) is 11.5 Å². The summed E-state index contributed by atoms with van der Waals surface area (Å²) in [6.45, 7) is 0.0494. The van der Waals surface area contributed by atoms with E-state index >= 15 is 0 Å². The molecule has 7 nitrogen and oxygen atoms in total. The third kappa shape index (κ3) is 3.46. The van der Waals surface area contributed by atoms with Gasteiger partial charge in [0.15, 0.2) is 9.84 Å². The Bertz CT molecular complexity index is 537. The summed E-state index contributed by atoms with van der Waals surface area (Å²) in [6.07, 6.45) is 2.90. The highest BCUT2D eigenvalue weighted by atomic mass is 32.2. The number of nitrogens with one attached hydrogen (secondary N) is 1. The molecular weight excluding hydrogens is 256 g/mol. The summed E-state index contributed by atoms with van der Waals surface area (Å²) in [5.74, 6) is 0.345. The van der Waals surface area contributed by atoms with E-state index in [0.29, 0.717) is 18.7 Å². The van der Waals surface area contributed by atoms with Gasteiger partial charge >= 0.3 is 0 Å². The van der Waals surface area contributed by atoms with Crippen molar-refractivity contribution < 1.29 is 13.2 Å². The molecule has 0 aliphatic carbocycles. The molecule has 1 amide bonds. The van der Waals surface area contributed by atoms with Crippen molar-refractivity contribution in [2.45, 2.75) is 25.4 Å². The van der Waals surface area contributed by atoms with E-state index < -0.39 is 9.84 Å². The molecule has 3 N–H and O–H groups in total. The van der Waals surface area contributed by atoms with Gasteiger partial charge in [-0.05, 0) is 18.9 Å². The Balaban J connectivity index is 1.88. The second-order valence-electron chi connectivity index (χ2n) is 4.46. The monoisotopic (exact) mass is 272 g/mol. The molecular formula is C10H16N4O3S. The summed E-state index contributed by atoms with van der Waals surface area (Å²) in [6, 6.07) is 1.31. The molecule has 0 spiro atoms. The van der Waals surface area contributed by atoms with Crippen LogP contribution in [0.4, 0.5) is 5.82 Å². The molecule has 0 radical (unpaired) electrons. The van der Waals surface area contributed by atoms with E-state index in [2.05, 4.69) is 10.4 Å². The van der Waals surface area contributed by atoms with Crippen LogP contribution in [0.5, 0.6) is 0 Å². The molecule has 1 aromatic rings. The van der Waals surface area contributed by atoms with Gasteiger partial charge in [-0.3, -0.25) is 9.48 Å². The van der Waals surface area contributed by atoms with Crippen molar-refractivity contribution in [1.29, 1.82) is 0 Å². The SMILES string of the molecule is Nc1ccn(CC(=O)NC2CCCS(=O)(=O)C2)n1. The van der Waals surface area contributed by atoms with Gasteiger partial charge in [-0.1, -0.05) is 0 Å². The second kappa shape index (κ2) is 4.97. The topological polar surface area (TPSA) is 107 Å². The molecule has 0 bridgehead atoms. The van der Waals surface area contributed by atoms with Gasteiger partial charge in [-0.15, -0.1) is 0 Å². The van der Waals surface area contributed by atoms with Crippen LogP contribution in [-0.4, -0.2) is 41.7 Å². The minimum atomic E-state index is -3.00. The Morgan fingerprint density at radius 2 is 2.39 bits per heavy atom. The van der Waals surface area contributed by atoms with E-state index in [1.807, 2.05) is 0 Å². The number of nitrogens with zero attached hydrogens (tertiary/aromatic N) is 2. The number of nitrogen functional groups attached to an aromatic ring is 1. The van der Waals surface area contributed by atoms with Gasteiger partial charge in [0.25, 0.3) is 0 Å². The van der Waals surface area contributed by atoms with Gasteiger partial charge in [0.2, 0.25) is 5.91 Å². The Morgan fingerprint density at radius 3 is 3.00 bits per heavy atom. The minimum Gasteiger partial charge on any atom is -0.382 e. The number of rotatable bonds is 3. The van der Waals surface area contributed by atoms with E-state index in [1.54, 1.807) is 12.3 Å². The summed E-state index contributed by atoms with van der Waals surface area (Å²) < 4.78 is 24.3. The van der Waals surface area contributed by atoms with Crippen molar-refractivity contribution in [1.82, 2.24) is 15.1 Å². The fourth-order valence-electron chi connectivity index (χ4n) is 2.02. The molecule has 100 valence electrons. The predicted octanol–water partition coefficient (Wildman–Crippen LogP) is -0.841. The number of carbonyl (C=O) groups excluding carboxylic acids is 1.